The van der Waals surface area contributed by atoms with Crippen molar-refractivity contribution in [2.24, 2.45) is 11.8 Å². The topological polar surface area (TPSA) is 18.5 Å². The highest BCUT2D eigenvalue weighted by molar-refractivity contribution is 5.18. The second-order valence-corrected chi connectivity index (χ2v) is 14.4. The molecule has 2 heteroatoms. The zero-order valence-corrected chi connectivity index (χ0v) is 29.9. The summed E-state index contributed by atoms with van der Waals surface area (Å²) in [5, 5.41) is 0. The zero-order valence-electron chi connectivity index (χ0n) is 29.9. The van der Waals surface area contributed by atoms with Crippen molar-refractivity contribution in [2.45, 2.75) is 159 Å². The standard InChI is InChI=1S/2C20H34O/c1-16(2)8-7-9-17(3)14-15-21-20(5,6)19-12-10-18(4)11-13-19;1-15(2)8-7-9-17(5)12-13-21-20-14-18(6)10-11-19(20)16(3)4/h8,12,14,18H,7,9-11,13,15H2,1-6H3;8,12,18,20H,7,9-11,13-14H2,1-6H3. The van der Waals surface area contributed by atoms with Crippen LogP contribution in [0.5, 0.6) is 0 Å². The van der Waals surface area contributed by atoms with Crippen LogP contribution >= 0.6 is 0 Å². The van der Waals surface area contributed by atoms with Crippen LogP contribution < -0.4 is 0 Å². The molecule has 2 aliphatic carbocycles. The molecule has 2 nitrogen and oxygen atoms in total. The Morgan fingerprint density at radius 3 is 1.81 bits per heavy atom. The maximum atomic E-state index is 6.18. The molecule has 2 aliphatic rings. The molecular weight excluding hydrogens is 512 g/mol. The predicted molar refractivity (Wildman–Crippen MR) is 187 cm³/mol. The molecule has 0 heterocycles. The monoisotopic (exact) mass is 581 g/mol. The van der Waals surface area contributed by atoms with Crippen molar-refractivity contribution in [1.29, 1.82) is 0 Å². The van der Waals surface area contributed by atoms with E-state index >= 15 is 0 Å². The van der Waals surface area contributed by atoms with E-state index in [2.05, 4.69) is 113 Å². The van der Waals surface area contributed by atoms with Crippen LogP contribution in [0.25, 0.3) is 0 Å². The van der Waals surface area contributed by atoms with Crippen molar-refractivity contribution in [3.05, 3.63) is 69.4 Å². The fourth-order valence-electron chi connectivity index (χ4n) is 5.61. The molecular formula is C40H68O2. The smallest absolute Gasteiger partial charge is 0.0839 e. The Morgan fingerprint density at radius 2 is 1.31 bits per heavy atom. The molecule has 0 saturated heterocycles. The molecule has 0 bridgehead atoms. The summed E-state index contributed by atoms with van der Waals surface area (Å²) in [6.07, 6.45) is 23.8. The fourth-order valence-corrected chi connectivity index (χ4v) is 5.61. The van der Waals surface area contributed by atoms with Gasteiger partial charge in [-0.25, -0.2) is 0 Å². The predicted octanol–water partition coefficient (Wildman–Crippen LogP) is 12.4. The van der Waals surface area contributed by atoms with Crippen molar-refractivity contribution in [1.82, 2.24) is 0 Å². The quantitative estimate of drug-likeness (QED) is 0.202. The minimum absolute atomic E-state index is 0.114. The number of hydrogen-bond acceptors (Lipinski definition) is 2. The molecule has 0 amide bonds. The van der Waals surface area contributed by atoms with Gasteiger partial charge in [0.05, 0.1) is 24.9 Å². The van der Waals surface area contributed by atoms with Gasteiger partial charge in [0.1, 0.15) is 0 Å². The summed E-state index contributed by atoms with van der Waals surface area (Å²) in [5.74, 6) is 1.63. The van der Waals surface area contributed by atoms with Crippen LogP contribution in [0, 0.1) is 11.8 Å². The van der Waals surface area contributed by atoms with E-state index in [1.165, 1.54) is 72.0 Å². The maximum absolute atomic E-state index is 6.18. The first-order valence-electron chi connectivity index (χ1n) is 16.9. The van der Waals surface area contributed by atoms with E-state index in [9.17, 15) is 0 Å². The van der Waals surface area contributed by atoms with E-state index in [4.69, 9.17) is 9.47 Å². The molecule has 240 valence electrons. The van der Waals surface area contributed by atoms with Crippen molar-refractivity contribution >= 4 is 0 Å². The van der Waals surface area contributed by atoms with Gasteiger partial charge in [-0.15, -0.1) is 0 Å². The molecule has 0 spiro atoms. The first-order chi connectivity index (χ1) is 19.7. The summed E-state index contributed by atoms with van der Waals surface area (Å²) in [5.41, 5.74) is 10.0. The molecule has 0 aliphatic heterocycles. The van der Waals surface area contributed by atoms with E-state index in [-0.39, 0.29) is 5.60 Å². The molecule has 0 aromatic rings. The number of hydrogen-bond donors (Lipinski definition) is 0. The highest BCUT2D eigenvalue weighted by atomic mass is 16.5. The average Bonchev–Trinajstić information content (AvgIpc) is 2.88. The van der Waals surface area contributed by atoms with E-state index in [1.54, 1.807) is 5.57 Å². The molecule has 42 heavy (non-hydrogen) atoms. The maximum Gasteiger partial charge on any atom is 0.0839 e. The largest absolute Gasteiger partial charge is 0.370 e. The zero-order chi connectivity index (χ0) is 31.7. The highest BCUT2D eigenvalue weighted by Crippen LogP contribution is 2.33. The lowest BCUT2D eigenvalue weighted by atomic mass is 9.83. The van der Waals surface area contributed by atoms with Gasteiger partial charge in [-0.1, -0.05) is 72.1 Å². The Labute approximate surface area is 262 Å². The Morgan fingerprint density at radius 1 is 0.762 bits per heavy atom. The van der Waals surface area contributed by atoms with E-state index in [0.29, 0.717) is 6.10 Å². The van der Waals surface area contributed by atoms with Gasteiger partial charge in [-0.3, -0.25) is 0 Å². The van der Waals surface area contributed by atoms with Gasteiger partial charge in [0.2, 0.25) is 0 Å². The van der Waals surface area contributed by atoms with Crippen molar-refractivity contribution in [3.8, 4) is 0 Å². The SMILES string of the molecule is CC(C)=CCCC(C)=CCOC(C)(C)C1=CCC(C)CC1.CC(C)=CCCC(C)=CCOC1CC(C)CCC1=C(C)C. The summed E-state index contributed by atoms with van der Waals surface area (Å²) < 4.78 is 12.3. The third-order valence-corrected chi connectivity index (χ3v) is 8.79. The van der Waals surface area contributed by atoms with Gasteiger partial charge in [0, 0.05) is 0 Å². The summed E-state index contributed by atoms with van der Waals surface area (Å²) >= 11 is 0. The number of rotatable bonds is 13. The Balaban J connectivity index is 0.000000420. The molecule has 3 unspecified atom stereocenters. The lowest BCUT2D eigenvalue weighted by molar-refractivity contribution is 0.0245. The summed E-state index contributed by atoms with van der Waals surface area (Å²) in [4.78, 5) is 0. The Bertz CT molecular complexity index is 969. The van der Waals surface area contributed by atoms with E-state index in [0.717, 1.165) is 50.7 Å². The van der Waals surface area contributed by atoms with Gasteiger partial charge in [-0.05, 0) is 156 Å². The normalized spacial score (nSPS) is 21.7. The van der Waals surface area contributed by atoms with Gasteiger partial charge >= 0.3 is 0 Å². The first-order valence-corrected chi connectivity index (χ1v) is 16.9. The van der Waals surface area contributed by atoms with Crippen molar-refractivity contribution < 1.29 is 9.47 Å². The van der Waals surface area contributed by atoms with Crippen LogP contribution in [-0.2, 0) is 9.47 Å². The minimum Gasteiger partial charge on any atom is -0.370 e. The molecule has 0 aromatic heterocycles. The summed E-state index contributed by atoms with van der Waals surface area (Å²) in [7, 11) is 0. The van der Waals surface area contributed by atoms with Crippen LogP contribution in [0.3, 0.4) is 0 Å². The van der Waals surface area contributed by atoms with Crippen LogP contribution in [-0.4, -0.2) is 24.9 Å². The molecule has 0 radical (unpaired) electrons. The Kier molecular flexibility index (Phi) is 18.6. The fraction of sp³-hybridized carbons (Fsp3) is 0.700. The molecule has 0 N–H and O–H groups in total. The molecule has 2 rings (SSSR count). The van der Waals surface area contributed by atoms with Crippen molar-refractivity contribution in [2.75, 3.05) is 13.2 Å². The summed E-state index contributed by atoms with van der Waals surface area (Å²) in [6.45, 7) is 28.1. The highest BCUT2D eigenvalue weighted by Gasteiger charge is 2.26. The third kappa shape index (κ3) is 16.9. The van der Waals surface area contributed by atoms with E-state index < -0.39 is 0 Å². The van der Waals surface area contributed by atoms with E-state index in [1.807, 2.05) is 0 Å². The summed E-state index contributed by atoms with van der Waals surface area (Å²) in [6, 6.07) is 0. The molecule has 1 fully saturated rings. The van der Waals surface area contributed by atoms with Gasteiger partial charge < -0.3 is 9.47 Å². The lowest BCUT2D eigenvalue weighted by Gasteiger charge is -2.32. The average molecular weight is 581 g/mol. The van der Waals surface area contributed by atoms with Gasteiger partial charge in [-0.2, -0.15) is 0 Å². The van der Waals surface area contributed by atoms with Crippen LogP contribution in [0.2, 0.25) is 0 Å². The van der Waals surface area contributed by atoms with Crippen LogP contribution in [0.15, 0.2) is 69.4 Å². The number of allylic oxidation sites excluding steroid dienone is 8. The molecule has 1 saturated carbocycles. The third-order valence-electron chi connectivity index (χ3n) is 8.79. The van der Waals surface area contributed by atoms with Crippen LogP contribution in [0.4, 0.5) is 0 Å². The lowest BCUT2D eigenvalue weighted by Crippen LogP contribution is -2.29. The van der Waals surface area contributed by atoms with Crippen LogP contribution in [0.1, 0.15) is 147 Å². The second-order valence-electron chi connectivity index (χ2n) is 14.4. The first kappa shape index (κ1) is 38.4. The molecule has 0 aromatic carbocycles. The molecule has 3 atom stereocenters. The Hall–Kier alpha value is -1.64. The van der Waals surface area contributed by atoms with Gasteiger partial charge in [0.15, 0.2) is 0 Å². The second kappa shape index (κ2) is 20.3. The number of ether oxygens (including phenoxy) is 2. The van der Waals surface area contributed by atoms with Crippen molar-refractivity contribution in [3.63, 3.8) is 0 Å². The minimum atomic E-state index is -0.114. The van der Waals surface area contributed by atoms with Gasteiger partial charge in [0.25, 0.3) is 0 Å².